The van der Waals surface area contributed by atoms with Crippen molar-refractivity contribution >= 4 is 52.4 Å². The zero-order chi connectivity index (χ0) is 30.6. The van der Waals surface area contributed by atoms with E-state index in [1.54, 1.807) is 49.2 Å². The maximum atomic E-state index is 14.3. The molecule has 232 valence electrons. The van der Waals surface area contributed by atoms with E-state index in [1.807, 2.05) is 20.8 Å². The summed E-state index contributed by atoms with van der Waals surface area (Å²) < 4.78 is 19.9. The maximum absolute atomic E-state index is 14.3. The number of ether oxygens (including phenoxy) is 1. The number of carbonyl (C=O) groups is 3. The van der Waals surface area contributed by atoms with Crippen molar-refractivity contribution in [3.8, 4) is 5.75 Å². The third kappa shape index (κ3) is 7.58. The lowest BCUT2D eigenvalue weighted by atomic mass is 9.85. The number of likely N-dealkylation sites (tertiary alicyclic amines) is 1. The number of carbonyl (C=O) groups excluding carboxylic acids is 3. The summed E-state index contributed by atoms with van der Waals surface area (Å²) in [6, 6.07) is 7.86. The van der Waals surface area contributed by atoms with Crippen molar-refractivity contribution in [1.82, 2.24) is 25.5 Å². The van der Waals surface area contributed by atoms with E-state index in [-0.39, 0.29) is 42.1 Å². The molecule has 43 heavy (non-hydrogen) atoms. The van der Waals surface area contributed by atoms with Gasteiger partial charge in [0.15, 0.2) is 5.78 Å². The first kappa shape index (κ1) is 33.7. The molecule has 2 heterocycles. The number of amides is 2. The molecule has 2 amide bonds. The van der Waals surface area contributed by atoms with Crippen LogP contribution in [0.25, 0.3) is 10.9 Å². The number of anilines is 2. The summed E-state index contributed by atoms with van der Waals surface area (Å²) in [4.78, 5) is 50.5. The van der Waals surface area contributed by atoms with Gasteiger partial charge in [-0.25, -0.2) is 14.4 Å². The summed E-state index contributed by atoms with van der Waals surface area (Å²) in [7, 11) is 3.20. The van der Waals surface area contributed by atoms with Crippen molar-refractivity contribution in [2.24, 2.45) is 5.41 Å². The van der Waals surface area contributed by atoms with Crippen LogP contribution >= 0.6 is 12.4 Å². The molecule has 3 N–H and O–H groups in total. The molecule has 1 saturated heterocycles. The van der Waals surface area contributed by atoms with Crippen LogP contribution in [0.5, 0.6) is 5.75 Å². The highest BCUT2D eigenvalue weighted by Crippen LogP contribution is 2.32. The zero-order valence-corrected chi connectivity index (χ0v) is 26.2. The van der Waals surface area contributed by atoms with Gasteiger partial charge < -0.3 is 25.6 Å². The summed E-state index contributed by atoms with van der Waals surface area (Å²) in [5.74, 6) is -0.256. The van der Waals surface area contributed by atoms with E-state index in [0.29, 0.717) is 47.4 Å². The van der Waals surface area contributed by atoms with Gasteiger partial charge in [0.1, 0.15) is 29.8 Å². The monoisotopic (exact) mass is 614 g/mol. The van der Waals surface area contributed by atoms with Gasteiger partial charge in [0, 0.05) is 30.0 Å². The van der Waals surface area contributed by atoms with E-state index in [1.165, 1.54) is 19.5 Å². The minimum Gasteiger partial charge on any atom is -0.496 e. The molecule has 1 aliphatic rings. The molecule has 12 heteroatoms. The topological polar surface area (TPSA) is 126 Å². The standard InChI is InChI=1S/C31H39FN6O4.ClH/c1-18(33-5)29(40)37-27(31(2,3)4)30(41)38-13-9-12-24(38)25(39)15-19-14-20-23(16-26(19)42-6)34-17-35-28(20)36-22-11-8-7-10-21(22)32;/h7-8,10-11,14,16-18,24,27,33H,9,12-13,15H2,1-6H3,(H,37,40)(H,34,35,36);1H/t18-,24-,27+;/m0./s1. The number of nitrogens with one attached hydrogen (secondary N) is 3. The number of likely N-dealkylation sites (N-methyl/N-ethyl adjacent to an activating group) is 1. The number of nitrogens with zero attached hydrogens (tertiary/aromatic N) is 3. The Hall–Kier alpha value is -3.83. The maximum Gasteiger partial charge on any atom is 0.246 e. The molecular weight excluding hydrogens is 575 g/mol. The van der Waals surface area contributed by atoms with Crippen molar-refractivity contribution in [3.63, 3.8) is 0 Å². The van der Waals surface area contributed by atoms with E-state index in [2.05, 4.69) is 25.9 Å². The second-order valence-electron chi connectivity index (χ2n) is 11.7. The van der Waals surface area contributed by atoms with Crippen LogP contribution in [0.2, 0.25) is 0 Å². The summed E-state index contributed by atoms with van der Waals surface area (Å²) in [5.41, 5.74) is 0.855. The number of ketones is 1. The fraction of sp³-hybridized carbons (Fsp3) is 0.452. The predicted octanol–water partition coefficient (Wildman–Crippen LogP) is 4.18. The molecule has 3 aromatic rings. The van der Waals surface area contributed by atoms with Crippen molar-refractivity contribution in [2.75, 3.05) is 26.0 Å². The number of aromatic nitrogens is 2. The first-order valence-corrected chi connectivity index (χ1v) is 14.1. The van der Waals surface area contributed by atoms with Gasteiger partial charge >= 0.3 is 0 Å². The van der Waals surface area contributed by atoms with Crippen LogP contribution < -0.4 is 20.7 Å². The fourth-order valence-electron chi connectivity index (χ4n) is 5.13. The number of rotatable bonds is 10. The highest BCUT2D eigenvalue weighted by molar-refractivity contribution is 5.97. The fourth-order valence-corrected chi connectivity index (χ4v) is 5.13. The van der Waals surface area contributed by atoms with E-state index >= 15 is 0 Å². The Morgan fingerprint density at radius 2 is 1.88 bits per heavy atom. The van der Waals surface area contributed by atoms with Gasteiger partial charge in [0.05, 0.1) is 30.4 Å². The molecule has 0 radical (unpaired) electrons. The molecule has 0 saturated carbocycles. The molecule has 2 aromatic carbocycles. The zero-order valence-electron chi connectivity index (χ0n) is 25.4. The van der Waals surface area contributed by atoms with Crippen LogP contribution in [0, 0.1) is 11.2 Å². The number of hydrogen-bond donors (Lipinski definition) is 3. The SMILES string of the molecule is CN[C@@H](C)C(=O)N[C@H](C(=O)N1CCC[C@H]1C(=O)Cc1cc2c(Nc3ccccc3F)ncnc2cc1OC)C(C)(C)C.Cl. The number of benzene rings is 2. The highest BCUT2D eigenvalue weighted by atomic mass is 35.5. The van der Waals surface area contributed by atoms with Crippen LogP contribution in [0.15, 0.2) is 42.7 Å². The summed E-state index contributed by atoms with van der Waals surface area (Å²) in [6.07, 6.45) is 2.59. The number of methoxy groups -OCH3 is 1. The second-order valence-corrected chi connectivity index (χ2v) is 11.7. The van der Waals surface area contributed by atoms with Gasteiger partial charge in [-0.15, -0.1) is 12.4 Å². The lowest BCUT2D eigenvalue weighted by Crippen LogP contribution is -2.58. The van der Waals surface area contributed by atoms with Gasteiger partial charge in [0.2, 0.25) is 11.8 Å². The molecule has 0 spiro atoms. The Morgan fingerprint density at radius 1 is 1.16 bits per heavy atom. The van der Waals surface area contributed by atoms with Crippen LogP contribution in [0.3, 0.4) is 0 Å². The van der Waals surface area contributed by atoms with E-state index in [9.17, 15) is 18.8 Å². The van der Waals surface area contributed by atoms with E-state index in [0.717, 1.165) is 0 Å². The molecular formula is C31H40ClFN6O4. The second kappa shape index (κ2) is 14.1. The average molecular weight is 615 g/mol. The largest absolute Gasteiger partial charge is 0.496 e. The third-order valence-corrected chi connectivity index (χ3v) is 7.66. The summed E-state index contributed by atoms with van der Waals surface area (Å²) in [6.45, 7) is 7.82. The number of hydrogen-bond acceptors (Lipinski definition) is 8. The predicted molar refractivity (Wildman–Crippen MR) is 166 cm³/mol. The molecule has 10 nitrogen and oxygen atoms in total. The Kier molecular flexibility index (Phi) is 11.0. The first-order valence-electron chi connectivity index (χ1n) is 14.1. The Bertz CT molecular complexity index is 1480. The number of para-hydroxylation sites is 1. The number of halogens is 2. The molecule has 1 aliphatic heterocycles. The normalized spacial score (nSPS) is 16.3. The molecule has 1 aromatic heterocycles. The van der Waals surface area contributed by atoms with Crippen molar-refractivity contribution in [2.45, 2.75) is 65.1 Å². The van der Waals surface area contributed by atoms with Gasteiger partial charge in [-0.3, -0.25) is 14.4 Å². The smallest absolute Gasteiger partial charge is 0.246 e. The lowest BCUT2D eigenvalue weighted by Gasteiger charge is -2.36. The van der Waals surface area contributed by atoms with Crippen molar-refractivity contribution < 1.29 is 23.5 Å². The molecule has 0 unspecified atom stereocenters. The average Bonchev–Trinajstić information content (AvgIpc) is 3.46. The highest BCUT2D eigenvalue weighted by Gasteiger charge is 2.42. The van der Waals surface area contributed by atoms with Crippen LogP contribution in [0.1, 0.15) is 46.1 Å². The molecule has 1 fully saturated rings. The van der Waals surface area contributed by atoms with Gasteiger partial charge in [-0.1, -0.05) is 32.9 Å². The lowest BCUT2D eigenvalue weighted by molar-refractivity contribution is -0.143. The quantitative estimate of drug-likeness (QED) is 0.311. The van der Waals surface area contributed by atoms with E-state index in [4.69, 9.17) is 4.74 Å². The summed E-state index contributed by atoms with van der Waals surface area (Å²) >= 11 is 0. The van der Waals surface area contributed by atoms with Crippen molar-refractivity contribution in [1.29, 1.82) is 0 Å². The van der Waals surface area contributed by atoms with Crippen molar-refractivity contribution in [3.05, 3.63) is 54.1 Å². The molecule has 4 rings (SSSR count). The summed E-state index contributed by atoms with van der Waals surface area (Å²) in [5, 5.41) is 9.40. The van der Waals surface area contributed by atoms with E-state index < -0.39 is 29.4 Å². The number of fused-ring (bicyclic) bond motifs is 1. The van der Waals surface area contributed by atoms with Gasteiger partial charge in [0.25, 0.3) is 0 Å². The van der Waals surface area contributed by atoms with Crippen LogP contribution in [0.4, 0.5) is 15.9 Å². The molecule has 0 bridgehead atoms. The first-order chi connectivity index (χ1) is 19.9. The Labute approximate surface area is 257 Å². The van der Waals surface area contributed by atoms with Gasteiger partial charge in [-0.05, 0) is 50.4 Å². The minimum atomic E-state index is -0.798. The number of Topliss-reactive ketones (excluding diaryl/α,β-unsaturated/α-hetero) is 1. The third-order valence-electron chi connectivity index (χ3n) is 7.66. The van der Waals surface area contributed by atoms with Crippen LogP contribution in [-0.4, -0.2) is 71.3 Å². The van der Waals surface area contributed by atoms with Crippen LogP contribution in [-0.2, 0) is 20.8 Å². The molecule has 3 atom stereocenters. The molecule has 0 aliphatic carbocycles. The minimum absolute atomic E-state index is 0. The Morgan fingerprint density at radius 3 is 2.53 bits per heavy atom. The Balaban J connectivity index is 0.00000506. The van der Waals surface area contributed by atoms with Gasteiger partial charge in [-0.2, -0.15) is 0 Å².